The highest BCUT2D eigenvalue weighted by molar-refractivity contribution is 5.45. The van der Waals surface area contributed by atoms with E-state index in [-0.39, 0.29) is 6.61 Å². The second-order valence-electron chi connectivity index (χ2n) is 3.04. The molecule has 1 rings (SSSR count). The molecule has 0 saturated heterocycles. The summed E-state index contributed by atoms with van der Waals surface area (Å²) in [6, 6.07) is 7.54. The van der Waals surface area contributed by atoms with E-state index in [0.717, 1.165) is 5.56 Å². The molecule has 1 aromatic rings. The van der Waals surface area contributed by atoms with E-state index < -0.39 is 0 Å². The summed E-state index contributed by atoms with van der Waals surface area (Å²) in [5, 5.41) is 17.4. The van der Waals surface area contributed by atoms with Crippen LogP contribution in [0.15, 0.2) is 18.2 Å². The summed E-state index contributed by atoms with van der Waals surface area (Å²) >= 11 is 0. The minimum absolute atomic E-state index is 0.105. The Kier molecular flexibility index (Phi) is 3.96. The van der Waals surface area contributed by atoms with Gasteiger partial charge >= 0.3 is 0 Å². The molecular formula is C11H13NO2. The SMILES string of the molecule is Cc1ccc(OCCCO)c(C#N)c1. The predicted octanol–water partition coefficient (Wildman–Crippen LogP) is 1.63. The Hall–Kier alpha value is -1.53. The van der Waals surface area contributed by atoms with E-state index in [1.807, 2.05) is 13.0 Å². The molecule has 0 radical (unpaired) electrons. The molecule has 0 unspecified atom stereocenters. The van der Waals surface area contributed by atoms with Gasteiger partial charge in [-0.05, 0) is 24.6 Å². The van der Waals surface area contributed by atoms with Gasteiger partial charge in [-0.1, -0.05) is 6.07 Å². The predicted molar refractivity (Wildman–Crippen MR) is 53.1 cm³/mol. The van der Waals surface area contributed by atoms with Crippen molar-refractivity contribution in [3.8, 4) is 11.8 Å². The summed E-state index contributed by atoms with van der Waals surface area (Å²) in [5.41, 5.74) is 1.58. The van der Waals surface area contributed by atoms with Crippen molar-refractivity contribution in [1.29, 1.82) is 5.26 Å². The first-order valence-corrected chi connectivity index (χ1v) is 4.52. The average molecular weight is 191 g/mol. The standard InChI is InChI=1S/C11H13NO2/c1-9-3-4-11(10(7-9)8-12)14-6-2-5-13/h3-4,7,13H,2,5-6H2,1H3. The van der Waals surface area contributed by atoms with Gasteiger partial charge in [0.25, 0.3) is 0 Å². The fourth-order valence-corrected chi connectivity index (χ4v) is 1.10. The summed E-state index contributed by atoms with van der Waals surface area (Å²) in [6.07, 6.45) is 0.582. The van der Waals surface area contributed by atoms with Gasteiger partial charge in [-0.15, -0.1) is 0 Å². The van der Waals surface area contributed by atoms with E-state index >= 15 is 0 Å². The van der Waals surface area contributed by atoms with Crippen LogP contribution < -0.4 is 4.74 Å². The largest absolute Gasteiger partial charge is 0.492 e. The molecule has 0 amide bonds. The molecule has 1 aromatic carbocycles. The van der Waals surface area contributed by atoms with E-state index in [1.165, 1.54) is 0 Å². The van der Waals surface area contributed by atoms with Gasteiger partial charge in [0.15, 0.2) is 0 Å². The number of benzene rings is 1. The lowest BCUT2D eigenvalue weighted by Gasteiger charge is -2.06. The van der Waals surface area contributed by atoms with Gasteiger partial charge in [-0.3, -0.25) is 0 Å². The Morgan fingerprint density at radius 1 is 1.50 bits per heavy atom. The number of nitrogens with zero attached hydrogens (tertiary/aromatic N) is 1. The number of ether oxygens (including phenoxy) is 1. The molecule has 0 aromatic heterocycles. The number of hydrogen-bond acceptors (Lipinski definition) is 3. The third-order valence-corrected chi connectivity index (χ3v) is 1.82. The maximum Gasteiger partial charge on any atom is 0.137 e. The van der Waals surface area contributed by atoms with Gasteiger partial charge in [0, 0.05) is 13.0 Å². The summed E-state index contributed by atoms with van der Waals surface area (Å²) in [6.45, 7) is 2.47. The van der Waals surface area contributed by atoms with Crippen LogP contribution >= 0.6 is 0 Å². The fourth-order valence-electron chi connectivity index (χ4n) is 1.10. The van der Waals surface area contributed by atoms with E-state index in [9.17, 15) is 0 Å². The summed E-state index contributed by atoms with van der Waals surface area (Å²) in [7, 11) is 0. The van der Waals surface area contributed by atoms with E-state index in [4.69, 9.17) is 15.1 Å². The number of hydrogen-bond donors (Lipinski definition) is 1. The van der Waals surface area contributed by atoms with E-state index in [0.29, 0.717) is 24.3 Å². The topological polar surface area (TPSA) is 53.2 Å². The first kappa shape index (κ1) is 10.6. The Balaban J connectivity index is 2.72. The van der Waals surface area contributed by atoms with Crippen molar-refractivity contribution in [2.45, 2.75) is 13.3 Å². The first-order valence-electron chi connectivity index (χ1n) is 4.52. The zero-order valence-corrected chi connectivity index (χ0v) is 8.16. The highest BCUT2D eigenvalue weighted by Crippen LogP contribution is 2.18. The molecule has 0 aliphatic carbocycles. The van der Waals surface area contributed by atoms with Gasteiger partial charge in [-0.2, -0.15) is 5.26 Å². The van der Waals surface area contributed by atoms with Crippen molar-refractivity contribution in [2.75, 3.05) is 13.2 Å². The summed E-state index contributed by atoms with van der Waals surface area (Å²) in [5.74, 6) is 0.589. The molecule has 0 fully saturated rings. The van der Waals surface area contributed by atoms with Crippen LogP contribution in [0.5, 0.6) is 5.75 Å². The average Bonchev–Trinajstić information content (AvgIpc) is 2.20. The molecule has 0 heterocycles. The third kappa shape index (κ3) is 2.75. The van der Waals surface area contributed by atoms with Crippen LogP contribution in [-0.4, -0.2) is 18.3 Å². The second-order valence-corrected chi connectivity index (χ2v) is 3.04. The van der Waals surface area contributed by atoms with Crippen molar-refractivity contribution < 1.29 is 9.84 Å². The number of rotatable bonds is 4. The minimum atomic E-state index is 0.105. The van der Waals surface area contributed by atoms with Crippen LogP contribution in [0.3, 0.4) is 0 Å². The lowest BCUT2D eigenvalue weighted by molar-refractivity contribution is 0.233. The lowest BCUT2D eigenvalue weighted by Crippen LogP contribution is -2.01. The molecule has 3 heteroatoms. The highest BCUT2D eigenvalue weighted by atomic mass is 16.5. The molecule has 1 N–H and O–H groups in total. The third-order valence-electron chi connectivity index (χ3n) is 1.82. The Labute approximate surface area is 83.6 Å². The van der Waals surface area contributed by atoms with E-state index in [1.54, 1.807) is 12.1 Å². The fraction of sp³-hybridized carbons (Fsp3) is 0.364. The van der Waals surface area contributed by atoms with Crippen LogP contribution in [0.1, 0.15) is 17.5 Å². The van der Waals surface area contributed by atoms with E-state index in [2.05, 4.69) is 6.07 Å². The van der Waals surface area contributed by atoms with Crippen LogP contribution in [0.2, 0.25) is 0 Å². The number of aliphatic hydroxyl groups is 1. The first-order chi connectivity index (χ1) is 6.77. The van der Waals surface area contributed by atoms with Crippen LogP contribution in [0, 0.1) is 18.3 Å². The Bertz CT molecular complexity index is 342. The quantitative estimate of drug-likeness (QED) is 0.736. The molecule has 0 aliphatic rings. The normalized spacial score (nSPS) is 9.50. The molecule has 3 nitrogen and oxygen atoms in total. The zero-order valence-electron chi connectivity index (χ0n) is 8.16. The Morgan fingerprint density at radius 3 is 2.93 bits per heavy atom. The molecule has 0 spiro atoms. The maximum atomic E-state index is 8.82. The van der Waals surface area contributed by atoms with Crippen molar-refractivity contribution in [3.63, 3.8) is 0 Å². The monoisotopic (exact) mass is 191 g/mol. The number of nitriles is 1. The van der Waals surface area contributed by atoms with Gasteiger partial charge in [0.1, 0.15) is 11.8 Å². The van der Waals surface area contributed by atoms with Crippen molar-refractivity contribution in [2.24, 2.45) is 0 Å². The minimum Gasteiger partial charge on any atom is -0.492 e. The number of aryl methyl sites for hydroxylation is 1. The lowest BCUT2D eigenvalue weighted by atomic mass is 10.1. The van der Waals surface area contributed by atoms with Crippen LogP contribution in [0.25, 0.3) is 0 Å². The van der Waals surface area contributed by atoms with Crippen molar-refractivity contribution >= 4 is 0 Å². The van der Waals surface area contributed by atoms with Crippen molar-refractivity contribution in [3.05, 3.63) is 29.3 Å². The zero-order chi connectivity index (χ0) is 10.4. The summed E-state index contributed by atoms with van der Waals surface area (Å²) in [4.78, 5) is 0. The van der Waals surface area contributed by atoms with Gasteiger partial charge < -0.3 is 9.84 Å². The van der Waals surface area contributed by atoms with Gasteiger partial charge in [0.2, 0.25) is 0 Å². The number of aliphatic hydroxyl groups excluding tert-OH is 1. The Morgan fingerprint density at radius 2 is 2.29 bits per heavy atom. The molecule has 0 atom stereocenters. The van der Waals surface area contributed by atoms with Crippen LogP contribution in [0.4, 0.5) is 0 Å². The molecule has 14 heavy (non-hydrogen) atoms. The molecule has 0 bridgehead atoms. The summed E-state index contributed by atoms with van der Waals surface area (Å²) < 4.78 is 5.34. The molecule has 0 aliphatic heterocycles. The van der Waals surface area contributed by atoms with Crippen LogP contribution in [-0.2, 0) is 0 Å². The highest BCUT2D eigenvalue weighted by Gasteiger charge is 2.02. The van der Waals surface area contributed by atoms with Gasteiger partial charge in [-0.25, -0.2) is 0 Å². The second kappa shape index (κ2) is 5.25. The molecule has 74 valence electrons. The molecule has 0 saturated carbocycles. The van der Waals surface area contributed by atoms with Crippen molar-refractivity contribution in [1.82, 2.24) is 0 Å². The van der Waals surface area contributed by atoms with Gasteiger partial charge in [0.05, 0.1) is 12.2 Å². The maximum absolute atomic E-state index is 8.82. The smallest absolute Gasteiger partial charge is 0.137 e. The molecular weight excluding hydrogens is 178 g/mol.